The van der Waals surface area contributed by atoms with Crippen LogP contribution >= 0.6 is 0 Å². The largest absolute Gasteiger partial charge is 0.488 e. The predicted molar refractivity (Wildman–Crippen MR) is 69.2 cm³/mol. The zero-order valence-corrected chi connectivity index (χ0v) is 10.8. The molecule has 1 rings (SSSR count). The second kappa shape index (κ2) is 6.80. The molecule has 0 heterocycles. The van der Waals surface area contributed by atoms with Gasteiger partial charge in [-0.1, -0.05) is 0 Å². The minimum atomic E-state index is -0.436. The molecule has 0 aliphatic rings. The summed E-state index contributed by atoms with van der Waals surface area (Å²) in [4.78, 5) is 10.4. The van der Waals surface area contributed by atoms with E-state index in [9.17, 15) is 10.1 Å². The first-order valence-electron chi connectivity index (χ1n) is 5.75. The third-order valence-electron chi connectivity index (χ3n) is 2.22. The summed E-state index contributed by atoms with van der Waals surface area (Å²) in [5, 5.41) is 13.9. The van der Waals surface area contributed by atoms with E-state index in [1.807, 2.05) is 13.8 Å². The number of ether oxygens (including phenoxy) is 2. The molecule has 0 bridgehead atoms. The molecule has 0 amide bonds. The Balaban J connectivity index is 2.91. The molecule has 1 unspecified atom stereocenters. The second-order valence-electron chi connectivity index (χ2n) is 3.89. The van der Waals surface area contributed by atoms with Crippen LogP contribution in [-0.4, -0.2) is 31.3 Å². The Morgan fingerprint density at radius 3 is 2.72 bits per heavy atom. The molecule has 1 N–H and O–H groups in total. The Hall–Kier alpha value is -1.82. The van der Waals surface area contributed by atoms with Gasteiger partial charge in [-0.05, 0) is 13.8 Å². The number of methoxy groups -OCH3 is 1. The number of benzene rings is 1. The predicted octanol–water partition coefficient (Wildman–Crippen LogP) is 2.44. The number of rotatable bonds is 7. The van der Waals surface area contributed by atoms with Crippen LogP contribution in [0.2, 0.25) is 0 Å². The topological polar surface area (TPSA) is 73.6 Å². The van der Waals surface area contributed by atoms with E-state index in [0.717, 1.165) is 0 Å². The molecule has 18 heavy (non-hydrogen) atoms. The van der Waals surface area contributed by atoms with Crippen molar-refractivity contribution in [2.24, 2.45) is 0 Å². The summed E-state index contributed by atoms with van der Waals surface area (Å²) in [5.41, 5.74) is 0.680. The summed E-state index contributed by atoms with van der Waals surface area (Å²) in [6.07, 6.45) is -0.161. The zero-order valence-electron chi connectivity index (χ0n) is 10.8. The highest BCUT2D eigenvalue weighted by Gasteiger charge is 2.12. The highest BCUT2D eigenvalue weighted by Crippen LogP contribution is 2.26. The Morgan fingerprint density at radius 1 is 1.44 bits per heavy atom. The van der Waals surface area contributed by atoms with Gasteiger partial charge in [0.15, 0.2) is 0 Å². The third kappa shape index (κ3) is 4.21. The number of nitrogens with one attached hydrogen (secondary N) is 1. The quantitative estimate of drug-likeness (QED) is 0.597. The van der Waals surface area contributed by atoms with E-state index in [4.69, 9.17) is 9.47 Å². The van der Waals surface area contributed by atoms with Crippen LogP contribution in [0, 0.1) is 10.1 Å². The van der Waals surface area contributed by atoms with Crippen LogP contribution in [0.3, 0.4) is 0 Å². The maximum absolute atomic E-state index is 10.8. The normalized spacial score (nSPS) is 11.9. The van der Waals surface area contributed by atoms with E-state index >= 15 is 0 Å². The average Bonchev–Trinajstić information content (AvgIpc) is 2.29. The van der Waals surface area contributed by atoms with E-state index in [1.165, 1.54) is 12.1 Å². The highest BCUT2D eigenvalue weighted by molar-refractivity contribution is 5.56. The maximum Gasteiger partial charge on any atom is 0.275 e. The lowest BCUT2D eigenvalue weighted by Gasteiger charge is -2.14. The van der Waals surface area contributed by atoms with Crippen molar-refractivity contribution in [2.45, 2.75) is 20.0 Å². The molecule has 1 aromatic rings. The van der Waals surface area contributed by atoms with Gasteiger partial charge in [-0.15, -0.1) is 0 Å². The fourth-order valence-corrected chi connectivity index (χ4v) is 1.56. The second-order valence-corrected chi connectivity index (χ2v) is 3.89. The van der Waals surface area contributed by atoms with Gasteiger partial charge in [-0.2, -0.15) is 0 Å². The lowest BCUT2D eigenvalue weighted by molar-refractivity contribution is -0.384. The van der Waals surface area contributed by atoms with Gasteiger partial charge in [0.05, 0.1) is 17.6 Å². The summed E-state index contributed by atoms with van der Waals surface area (Å²) in [6.45, 7) is 4.88. The van der Waals surface area contributed by atoms with Crippen LogP contribution in [-0.2, 0) is 4.74 Å². The molecular formula is C12H18N2O4. The van der Waals surface area contributed by atoms with Gasteiger partial charge in [0.25, 0.3) is 5.69 Å². The lowest BCUT2D eigenvalue weighted by atomic mass is 10.2. The van der Waals surface area contributed by atoms with E-state index in [1.54, 1.807) is 13.2 Å². The summed E-state index contributed by atoms with van der Waals surface area (Å²) in [7, 11) is 1.58. The molecule has 6 heteroatoms. The van der Waals surface area contributed by atoms with Crippen molar-refractivity contribution in [3.63, 3.8) is 0 Å². The summed E-state index contributed by atoms with van der Waals surface area (Å²) in [6, 6.07) is 4.63. The van der Waals surface area contributed by atoms with Gasteiger partial charge in [-0.25, -0.2) is 0 Å². The molecule has 100 valence electrons. The molecule has 0 saturated heterocycles. The van der Waals surface area contributed by atoms with Gasteiger partial charge in [0, 0.05) is 31.5 Å². The van der Waals surface area contributed by atoms with Crippen LogP contribution in [0.1, 0.15) is 13.8 Å². The molecule has 1 aromatic carbocycles. The molecular weight excluding hydrogens is 236 g/mol. The fraction of sp³-hybridized carbons (Fsp3) is 0.500. The van der Waals surface area contributed by atoms with Crippen LogP contribution < -0.4 is 10.1 Å². The van der Waals surface area contributed by atoms with Crippen molar-refractivity contribution in [3.05, 3.63) is 28.3 Å². The molecule has 0 saturated carbocycles. The van der Waals surface area contributed by atoms with Gasteiger partial charge in [-0.3, -0.25) is 10.1 Å². The Bertz CT molecular complexity index is 409. The van der Waals surface area contributed by atoms with Crippen molar-refractivity contribution < 1.29 is 14.4 Å². The molecule has 0 radical (unpaired) electrons. The lowest BCUT2D eigenvalue weighted by Crippen LogP contribution is -2.18. The van der Waals surface area contributed by atoms with Crippen LogP contribution in [0.25, 0.3) is 0 Å². The highest BCUT2D eigenvalue weighted by atomic mass is 16.6. The Labute approximate surface area is 106 Å². The van der Waals surface area contributed by atoms with E-state index in [2.05, 4.69) is 5.32 Å². The van der Waals surface area contributed by atoms with Gasteiger partial charge >= 0.3 is 0 Å². The number of nitrogens with zero attached hydrogens (tertiary/aromatic N) is 1. The van der Waals surface area contributed by atoms with Crippen molar-refractivity contribution in [1.29, 1.82) is 0 Å². The standard InChI is InChI=1S/C12H18N2O4/c1-4-13-10-5-11(14(15)16)7-12(6-10)18-9(2)8-17-3/h5-7,9,13H,4,8H2,1-3H3. The molecule has 0 aliphatic heterocycles. The molecule has 6 nitrogen and oxygen atoms in total. The third-order valence-corrected chi connectivity index (χ3v) is 2.22. The van der Waals surface area contributed by atoms with Gasteiger partial charge in [0.1, 0.15) is 11.9 Å². The summed E-state index contributed by atoms with van der Waals surface area (Å²) < 4.78 is 10.5. The molecule has 1 atom stereocenters. The molecule has 0 spiro atoms. The van der Waals surface area contributed by atoms with Gasteiger partial charge < -0.3 is 14.8 Å². The molecule has 0 fully saturated rings. The van der Waals surface area contributed by atoms with Crippen molar-refractivity contribution >= 4 is 11.4 Å². The number of hydrogen-bond acceptors (Lipinski definition) is 5. The minimum Gasteiger partial charge on any atom is -0.488 e. The van der Waals surface area contributed by atoms with Gasteiger partial charge in [0.2, 0.25) is 0 Å². The summed E-state index contributed by atoms with van der Waals surface area (Å²) in [5.74, 6) is 0.463. The molecule has 0 aromatic heterocycles. The number of hydrogen-bond donors (Lipinski definition) is 1. The minimum absolute atomic E-state index is 0.00747. The van der Waals surface area contributed by atoms with Crippen LogP contribution in [0.5, 0.6) is 5.75 Å². The smallest absolute Gasteiger partial charge is 0.275 e. The monoisotopic (exact) mass is 254 g/mol. The van der Waals surface area contributed by atoms with E-state index < -0.39 is 4.92 Å². The summed E-state index contributed by atoms with van der Waals surface area (Å²) >= 11 is 0. The van der Waals surface area contributed by atoms with E-state index in [0.29, 0.717) is 24.6 Å². The fourth-order valence-electron chi connectivity index (χ4n) is 1.56. The number of nitro benzene ring substituents is 1. The number of anilines is 1. The van der Waals surface area contributed by atoms with E-state index in [-0.39, 0.29) is 11.8 Å². The van der Waals surface area contributed by atoms with Crippen molar-refractivity contribution in [1.82, 2.24) is 0 Å². The first-order chi connectivity index (χ1) is 8.56. The number of non-ortho nitro benzene ring substituents is 1. The first kappa shape index (κ1) is 14.2. The Kier molecular flexibility index (Phi) is 5.38. The Morgan fingerprint density at radius 2 is 2.17 bits per heavy atom. The average molecular weight is 254 g/mol. The maximum atomic E-state index is 10.8. The SMILES string of the molecule is CCNc1cc(OC(C)COC)cc([N+](=O)[O-])c1. The molecule has 0 aliphatic carbocycles. The van der Waals surface area contributed by atoms with Crippen LogP contribution in [0.15, 0.2) is 18.2 Å². The number of nitro groups is 1. The first-order valence-corrected chi connectivity index (χ1v) is 5.75. The van der Waals surface area contributed by atoms with Crippen molar-refractivity contribution in [3.8, 4) is 5.75 Å². The van der Waals surface area contributed by atoms with Crippen LogP contribution in [0.4, 0.5) is 11.4 Å². The zero-order chi connectivity index (χ0) is 13.5. The van der Waals surface area contributed by atoms with Crippen molar-refractivity contribution in [2.75, 3.05) is 25.6 Å².